The summed E-state index contributed by atoms with van der Waals surface area (Å²) in [6, 6.07) is 47.9. The Hall–Kier alpha value is -5.47. The van der Waals surface area contributed by atoms with E-state index in [9.17, 15) is 0 Å². The van der Waals surface area contributed by atoms with Gasteiger partial charge in [-0.15, -0.1) is 0 Å². The number of fused-ring (bicyclic) bond motifs is 2. The first-order valence-electron chi connectivity index (χ1n) is 14.4. The average molecular weight is 536 g/mol. The molecule has 0 fully saturated rings. The number of hydrogen-bond acceptors (Lipinski definition) is 2. The van der Waals surface area contributed by atoms with E-state index in [1.165, 1.54) is 60.0 Å². The van der Waals surface area contributed by atoms with Gasteiger partial charge in [0, 0.05) is 5.56 Å². The van der Waals surface area contributed by atoms with E-state index in [1.807, 2.05) is 6.07 Å². The van der Waals surface area contributed by atoms with Crippen molar-refractivity contribution in [3.63, 3.8) is 0 Å². The second-order valence-electron chi connectivity index (χ2n) is 11.2. The van der Waals surface area contributed by atoms with Gasteiger partial charge >= 0.3 is 0 Å². The van der Waals surface area contributed by atoms with Crippen molar-refractivity contribution >= 4 is 54.2 Å². The van der Waals surface area contributed by atoms with Crippen LogP contribution in [0.1, 0.15) is 5.56 Å². The van der Waals surface area contributed by atoms with Crippen molar-refractivity contribution in [2.45, 2.75) is 6.92 Å². The van der Waals surface area contributed by atoms with Crippen molar-refractivity contribution in [2.24, 2.45) is 0 Å². The molecule has 2 nitrogen and oxygen atoms in total. The molecule has 196 valence electrons. The predicted octanol–water partition coefficient (Wildman–Crippen LogP) is 11.2. The van der Waals surface area contributed by atoms with Crippen LogP contribution in [-0.4, -0.2) is 4.98 Å². The van der Waals surface area contributed by atoms with Gasteiger partial charge in [0.25, 0.3) is 0 Å². The molecule has 0 unspecified atom stereocenters. The quantitative estimate of drug-likeness (QED) is 0.210. The minimum Gasteiger partial charge on any atom is -0.436 e. The number of hydrogen-bond donors (Lipinski definition) is 0. The Balaban J connectivity index is 1.23. The van der Waals surface area contributed by atoms with Gasteiger partial charge in [-0.05, 0) is 90.5 Å². The lowest BCUT2D eigenvalue weighted by atomic mass is 9.88. The van der Waals surface area contributed by atoms with Gasteiger partial charge in [-0.25, -0.2) is 4.98 Å². The fourth-order valence-corrected chi connectivity index (χ4v) is 6.66. The third kappa shape index (κ3) is 3.42. The molecule has 0 radical (unpaired) electrons. The smallest absolute Gasteiger partial charge is 0.227 e. The molecule has 0 bridgehead atoms. The number of benzene rings is 8. The van der Waals surface area contributed by atoms with Gasteiger partial charge in [-0.2, -0.15) is 0 Å². The van der Waals surface area contributed by atoms with E-state index in [0.717, 1.165) is 27.6 Å². The molecule has 0 spiro atoms. The second-order valence-corrected chi connectivity index (χ2v) is 11.2. The van der Waals surface area contributed by atoms with Gasteiger partial charge in [0.15, 0.2) is 5.58 Å². The lowest BCUT2D eigenvalue weighted by Gasteiger charge is -2.15. The Kier molecular flexibility index (Phi) is 4.85. The maximum absolute atomic E-state index is 6.42. The Morgan fingerprint density at radius 1 is 0.476 bits per heavy atom. The third-order valence-electron chi connectivity index (χ3n) is 8.75. The summed E-state index contributed by atoms with van der Waals surface area (Å²) >= 11 is 0. The molecular formula is C40H25NO. The lowest BCUT2D eigenvalue weighted by molar-refractivity contribution is 0.620. The molecule has 0 amide bonds. The molecule has 9 rings (SSSR count). The van der Waals surface area contributed by atoms with E-state index >= 15 is 0 Å². The van der Waals surface area contributed by atoms with Crippen LogP contribution < -0.4 is 0 Å². The van der Waals surface area contributed by atoms with E-state index in [1.54, 1.807) is 0 Å². The van der Waals surface area contributed by atoms with Crippen LogP contribution in [0, 0.1) is 6.92 Å². The van der Waals surface area contributed by atoms with Crippen molar-refractivity contribution in [2.75, 3.05) is 0 Å². The molecule has 2 heteroatoms. The zero-order valence-electron chi connectivity index (χ0n) is 23.1. The Bertz CT molecular complexity index is 2460. The number of aryl methyl sites for hydroxylation is 1. The molecule has 1 heterocycles. The molecule has 42 heavy (non-hydrogen) atoms. The fourth-order valence-electron chi connectivity index (χ4n) is 6.66. The third-order valence-corrected chi connectivity index (χ3v) is 8.75. The molecule has 0 aliphatic carbocycles. The zero-order valence-corrected chi connectivity index (χ0v) is 23.1. The fraction of sp³-hybridized carbons (Fsp3) is 0.0250. The van der Waals surface area contributed by atoms with Crippen LogP contribution in [0.4, 0.5) is 0 Å². The van der Waals surface area contributed by atoms with E-state index in [0.29, 0.717) is 5.89 Å². The molecule has 8 aromatic carbocycles. The first-order chi connectivity index (χ1) is 20.7. The number of nitrogens with zero attached hydrogens (tertiary/aromatic N) is 1. The highest BCUT2D eigenvalue weighted by molar-refractivity contribution is 6.27. The molecule has 0 aliphatic heterocycles. The topological polar surface area (TPSA) is 26.0 Å². The van der Waals surface area contributed by atoms with Gasteiger partial charge in [0.2, 0.25) is 5.89 Å². The Labute approximate surface area is 242 Å². The summed E-state index contributed by atoms with van der Waals surface area (Å²) in [5.74, 6) is 0.650. The van der Waals surface area contributed by atoms with Crippen LogP contribution in [0.2, 0.25) is 0 Å². The minimum absolute atomic E-state index is 0.650. The Morgan fingerprint density at radius 3 is 1.93 bits per heavy atom. The zero-order chi connectivity index (χ0) is 27.8. The largest absolute Gasteiger partial charge is 0.436 e. The predicted molar refractivity (Wildman–Crippen MR) is 176 cm³/mol. The van der Waals surface area contributed by atoms with Crippen LogP contribution >= 0.6 is 0 Å². The maximum atomic E-state index is 6.42. The SMILES string of the molecule is Cc1ccc(-c2ccc3ccc4c(-c5nc6cc(-c7cccc8ccccc78)ccc6o5)ccc5ccc2c3c54)cc1. The summed E-state index contributed by atoms with van der Waals surface area (Å²) in [6.07, 6.45) is 0. The first kappa shape index (κ1) is 23.3. The molecule has 0 saturated carbocycles. The summed E-state index contributed by atoms with van der Waals surface area (Å²) in [5.41, 5.74) is 8.77. The number of oxazole rings is 1. The Morgan fingerprint density at radius 2 is 1.12 bits per heavy atom. The molecule has 9 aromatic rings. The monoisotopic (exact) mass is 535 g/mol. The highest BCUT2D eigenvalue weighted by atomic mass is 16.3. The minimum atomic E-state index is 0.650. The molecule has 0 atom stereocenters. The van der Waals surface area contributed by atoms with E-state index in [-0.39, 0.29) is 0 Å². The summed E-state index contributed by atoms with van der Waals surface area (Å²) < 4.78 is 6.42. The summed E-state index contributed by atoms with van der Waals surface area (Å²) in [7, 11) is 0. The summed E-state index contributed by atoms with van der Waals surface area (Å²) in [5, 5.41) is 9.91. The van der Waals surface area contributed by atoms with E-state index in [4.69, 9.17) is 9.40 Å². The maximum Gasteiger partial charge on any atom is 0.227 e. The molecule has 1 aromatic heterocycles. The van der Waals surface area contributed by atoms with Crippen molar-refractivity contribution in [1.82, 2.24) is 4.98 Å². The molecule has 0 N–H and O–H groups in total. The van der Waals surface area contributed by atoms with Crippen LogP contribution in [-0.2, 0) is 0 Å². The van der Waals surface area contributed by atoms with Gasteiger partial charge < -0.3 is 4.42 Å². The van der Waals surface area contributed by atoms with Crippen molar-refractivity contribution in [1.29, 1.82) is 0 Å². The van der Waals surface area contributed by atoms with Crippen LogP contribution in [0.25, 0.3) is 87.9 Å². The van der Waals surface area contributed by atoms with Crippen molar-refractivity contribution in [3.8, 4) is 33.7 Å². The summed E-state index contributed by atoms with van der Waals surface area (Å²) in [4.78, 5) is 5.04. The van der Waals surface area contributed by atoms with Crippen LogP contribution in [0.5, 0.6) is 0 Å². The van der Waals surface area contributed by atoms with Crippen molar-refractivity contribution in [3.05, 3.63) is 139 Å². The average Bonchev–Trinajstić information content (AvgIpc) is 3.47. The van der Waals surface area contributed by atoms with Crippen LogP contribution in [0.15, 0.2) is 138 Å². The standard InChI is InChI=1S/C40H25NO/c1-24-9-11-26(12-10-24)32-18-13-27-15-20-34-35(21-16-28-14-19-33(32)38(27)39(28)34)40-41-36-23-29(17-22-37(36)42-40)31-8-4-6-25-5-2-3-7-30(25)31/h2-23H,1H3. The van der Waals surface area contributed by atoms with E-state index < -0.39 is 0 Å². The highest BCUT2D eigenvalue weighted by Crippen LogP contribution is 2.42. The summed E-state index contributed by atoms with van der Waals surface area (Å²) in [6.45, 7) is 2.13. The lowest BCUT2D eigenvalue weighted by Crippen LogP contribution is -1.89. The number of rotatable bonds is 3. The van der Waals surface area contributed by atoms with Gasteiger partial charge in [-0.3, -0.25) is 0 Å². The molecular weight excluding hydrogens is 510 g/mol. The molecule has 0 saturated heterocycles. The highest BCUT2D eigenvalue weighted by Gasteiger charge is 2.18. The van der Waals surface area contributed by atoms with Gasteiger partial charge in [-0.1, -0.05) is 121 Å². The van der Waals surface area contributed by atoms with Crippen molar-refractivity contribution < 1.29 is 4.42 Å². The van der Waals surface area contributed by atoms with Gasteiger partial charge in [0.1, 0.15) is 5.52 Å². The molecule has 0 aliphatic rings. The normalized spacial score (nSPS) is 11.9. The van der Waals surface area contributed by atoms with Gasteiger partial charge in [0.05, 0.1) is 0 Å². The second kappa shape index (κ2) is 8.76. The number of aromatic nitrogens is 1. The first-order valence-corrected chi connectivity index (χ1v) is 14.4. The van der Waals surface area contributed by atoms with Crippen LogP contribution in [0.3, 0.4) is 0 Å². The van der Waals surface area contributed by atoms with E-state index in [2.05, 4.69) is 134 Å².